The Morgan fingerprint density at radius 2 is 1.95 bits per heavy atom. The maximum Gasteiger partial charge on any atom is 0.260 e. The first-order valence-electron chi connectivity index (χ1n) is 6.45. The van der Waals surface area contributed by atoms with Crippen molar-refractivity contribution in [3.63, 3.8) is 0 Å². The van der Waals surface area contributed by atoms with Crippen LogP contribution in [0.15, 0.2) is 30.3 Å². The van der Waals surface area contributed by atoms with Gasteiger partial charge in [-0.1, -0.05) is 30.3 Å². The number of amides is 1. The summed E-state index contributed by atoms with van der Waals surface area (Å²) in [6, 6.07) is 9.99. The van der Waals surface area contributed by atoms with E-state index in [1.807, 2.05) is 37.3 Å². The number of nitrogen functional groups attached to an aromatic ring is 1. The fourth-order valence-electron chi connectivity index (χ4n) is 2.29. The number of aromatic nitrogens is 2. The molecule has 2 aromatic heterocycles. The lowest BCUT2D eigenvalue weighted by Crippen LogP contribution is -2.10. The molecule has 1 aromatic carbocycles. The number of aryl methyl sites for hydroxylation is 1. The van der Waals surface area contributed by atoms with E-state index in [0.29, 0.717) is 27.6 Å². The summed E-state index contributed by atoms with van der Waals surface area (Å²) >= 11 is 1.22. The van der Waals surface area contributed by atoms with Gasteiger partial charge in [-0.25, -0.2) is 9.97 Å². The molecule has 3 rings (SSSR count). The van der Waals surface area contributed by atoms with E-state index in [9.17, 15) is 4.79 Å². The molecule has 21 heavy (non-hydrogen) atoms. The zero-order valence-electron chi connectivity index (χ0n) is 11.5. The number of carbonyl (C=O) groups is 1. The Balaban J connectivity index is 2.09. The van der Waals surface area contributed by atoms with Gasteiger partial charge < -0.3 is 11.5 Å². The molecule has 106 valence electrons. The number of hydrogen-bond acceptors (Lipinski definition) is 5. The second-order valence-electron chi connectivity index (χ2n) is 4.78. The second-order valence-corrected chi connectivity index (χ2v) is 5.78. The summed E-state index contributed by atoms with van der Waals surface area (Å²) in [5, 5.41) is 0.727. The number of fused-ring (bicyclic) bond motifs is 1. The van der Waals surface area contributed by atoms with Gasteiger partial charge in [0.25, 0.3) is 5.91 Å². The number of carbonyl (C=O) groups excluding carboxylic acids is 1. The Bertz CT molecular complexity index is 827. The van der Waals surface area contributed by atoms with Gasteiger partial charge in [0, 0.05) is 6.42 Å². The molecule has 0 fully saturated rings. The van der Waals surface area contributed by atoms with Gasteiger partial charge in [-0.15, -0.1) is 11.3 Å². The minimum atomic E-state index is -0.528. The summed E-state index contributed by atoms with van der Waals surface area (Å²) in [6.45, 7) is 1.87. The fourth-order valence-corrected chi connectivity index (χ4v) is 3.31. The van der Waals surface area contributed by atoms with Crippen LogP contribution in [-0.2, 0) is 6.42 Å². The van der Waals surface area contributed by atoms with Crippen molar-refractivity contribution in [2.24, 2.45) is 5.73 Å². The molecule has 0 aliphatic carbocycles. The van der Waals surface area contributed by atoms with E-state index in [4.69, 9.17) is 11.5 Å². The first kappa shape index (κ1) is 13.5. The van der Waals surface area contributed by atoms with Crippen molar-refractivity contribution in [1.29, 1.82) is 0 Å². The Labute approximate surface area is 125 Å². The average Bonchev–Trinajstić information content (AvgIpc) is 2.77. The summed E-state index contributed by atoms with van der Waals surface area (Å²) in [5.41, 5.74) is 13.6. The van der Waals surface area contributed by atoms with Crippen molar-refractivity contribution < 1.29 is 4.79 Å². The molecule has 0 spiro atoms. The van der Waals surface area contributed by atoms with Crippen LogP contribution in [0.4, 0.5) is 5.69 Å². The third kappa shape index (κ3) is 2.45. The number of rotatable bonds is 3. The van der Waals surface area contributed by atoms with Gasteiger partial charge in [-0.05, 0) is 12.5 Å². The molecule has 2 heterocycles. The average molecular weight is 298 g/mol. The van der Waals surface area contributed by atoms with Gasteiger partial charge in [0.1, 0.15) is 15.5 Å². The molecule has 0 bridgehead atoms. The number of nitrogens with zero attached hydrogens (tertiary/aromatic N) is 2. The van der Waals surface area contributed by atoms with Gasteiger partial charge in [-0.2, -0.15) is 0 Å². The van der Waals surface area contributed by atoms with Gasteiger partial charge in [0.2, 0.25) is 0 Å². The largest absolute Gasteiger partial charge is 0.397 e. The second kappa shape index (κ2) is 5.14. The molecule has 6 heteroatoms. The number of nitrogens with two attached hydrogens (primary N) is 2. The first-order valence-corrected chi connectivity index (χ1v) is 7.27. The molecule has 0 aliphatic rings. The van der Waals surface area contributed by atoms with Crippen LogP contribution in [0.5, 0.6) is 0 Å². The number of benzene rings is 1. The minimum absolute atomic E-state index is 0.347. The summed E-state index contributed by atoms with van der Waals surface area (Å²) in [7, 11) is 0. The molecule has 0 aliphatic heterocycles. The lowest BCUT2D eigenvalue weighted by atomic mass is 10.1. The molecule has 3 aromatic rings. The molecule has 5 nitrogen and oxygen atoms in total. The number of primary amides is 1. The van der Waals surface area contributed by atoms with Gasteiger partial charge in [0.05, 0.1) is 16.8 Å². The van der Waals surface area contributed by atoms with Crippen LogP contribution in [0.1, 0.15) is 26.8 Å². The van der Waals surface area contributed by atoms with E-state index in [2.05, 4.69) is 9.97 Å². The van der Waals surface area contributed by atoms with Crippen LogP contribution < -0.4 is 11.5 Å². The van der Waals surface area contributed by atoms with E-state index in [-0.39, 0.29) is 0 Å². The van der Waals surface area contributed by atoms with E-state index >= 15 is 0 Å². The highest BCUT2D eigenvalue weighted by molar-refractivity contribution is 7.21. The lowest BCUT2D eigenvalue weighted by Gasteiger charge is -2.03. The minimum Gasteiger partial charge on any atom is -0.397 e. The topological polar surface area (TPSA) is 94.9 Å². The molecule has 0 radical (unpaired) electrons. The zero-order chi connectivity index (χ0) is 15.0. The predicted molar refractivity (Wildman–Crippen MR) is 84.3 cm³/mol. The Morgan fingerprint density at radius 1 is 1.24 bits per heavy atom. The van der Waals surface area contributed by atoms with E-state index in [1.54, 1.807) is 0 Å². The van der Waals surface area contributed by atoms with E-state index in [1.165, 1.54) is 11.3 Å². The van der Waals surface area contributed by atoms with E-state index < -0.39 is 5.91 Å². The van der Waals surface area contributed by atoms with Crippen LogP contribution in [0.3, 0.4) is 0 Å². The monoisotopic (exact) mass is 298 g/mol. The highest BCUT2D eigenvalue weighted by Crippen LogP contribution is 2.33. The van der Waals surface area contributed by atoms with E-state index in [0.717, 1.165) is 16.6 Å². The molecular weight excluding hydrogens is 284 g/mol. The smallest absolute Gasteiger partial charge is 0.260 e. The maximum atomic E-state index is 11.4. The number of thiophene rings is 1. The Kier molecular flexibility index (Phi) is 3.31. The molecule has 1 amide bonds. The third-order valence-electron chi connectivity index (χ3n) is 3.24. The fraction of sp³-hybridized carbons (Fsp3) is 0.133. The van der Waals surface area contributed by atoms with Crippen LogP contribution in [-0.4, -0.2) is 15.9 Å². The van der Waals surface area contributed by atoms with Gasteiger partial charge >= 0.3 is 0 Å². The highest BCUT2D eigenvalue weighted by Gasteiger charge is 2.18. The molecule has 0 saturated heterocycles. The molecular formula is C15H14N4OS. The van der Waals surface area contributed by atoms with Crippen molar-refractivity contribution in [2.45, 2.75) is 13.3 Å². The molecule has 0 unspecified atom stereocenters. The Hall–Kier alpha value is -2.47. The van der Waals surface area contributed by atoms with Gasteiger partial charge in [-0.3, -0.25) is 4.79 Å². The number of hydrogen-bond donors (Lipinski definition) is 2. The summed E-state index contributed by atoms with van der Waals surface area (Å²) in [6.07, 6.45) is 0.640. The van der Waals surface area contributed by atoms with Crippen molar-refractivity contribution in [3.05, 3.63) is 52.3 Å². The summed E-state index contributed by atoms with van der Waals surface area (Å²) in [4.78, 5) is 21.4. The third-order valence-corrected chi connectivity index (χ3v) is 4.36. The lowest BCUT2D eigenvalue weighted by molar-refractivity contribution is 0.100. The molecule has 4 N–H and O–H groups in total. The van der Waals surface area contributed by atoms with Crippen molar-refractivity contribution >= 4 is 33.1 Å². The molecule has 0 saturated carbocycles. The van der Waals surface area contributed by atoms with Crippen LogP contribution in [0.2, 0.25) is 0 Å². The standard InChI is InChI=1S/C15H14N4OS/c1-8-11-12(16)13(14(17)20)21-15(11)19-10(18-8)7-9-5-3-2-4-6-9/h2-6H,7,16H2,1H3,(H2,17,20). The quantitative estimate of drug-likeness (QED) is 0.775. The molecule has 0 atom stereocenters. The zero-order valence-corrected chi connectivity index (χ0v) is 12.3. The maximum absolute atomic E-state index is 11.4. The van der Waals surface area contributed by atoms with Gasteiger partial charge in [0.15, 0.2) is 0 Å². The Morgan fingerprint density at radius 3 is 2.62 bits per heavy atom. The van der Waals surface area contributed by atoms with Crippen molar-refractivity contribution in [2.75, 3.05) is 5.73 Å². The normalized spacial score (nSPS) is 10.9. The highest BCUT2D eigenvalue weighted by atomic mass is 32.1. The van der Waals surface area contributed by atoms with Crippen LogP contribution >= 0.6 is 11.3 Å². The predicted octanol–water partition coefficient (Wildman–Crippen LogP) is 2.27. The van der Waals surface area contributed by atoms with Crippen LogP contribution in [0, 0.1) is 6.92 Å². The van der Waals surface area contributed by atoms with Crippen LogP contribution in [0.25, 0.3) is 10.2 Å². The SMILES string of the molecule is Cc1nc(Cc2ccccc2)nc2sc(C(N)=O)c(N)c12. The first-order chi connectivity index (χ1) is 10.1. The summed E-state index contributed by atoms with van der Waals surface area (Å²) < 4.78 is 0. The van der Waals surface area contributed by atoms with Crippen molar-refractivity contribution in [3.8, 4) is 0 Å². The van der Waals surface area contributed by atoms with Crippen molar-refractivity contribution in [1.82, 2.24) is 9.97 Å². The number of anilines is 1. The summed E-state index contributed by atoms with van der Waals surface area (Å²) in [5.74, 6) is 0.183.